The Morgan fingerprint density at radius 2 is 1.27 bits per heavy atom. The highest BCUT2D eigenvalue weighted by Crippen LogP contribution is 2.45. The molecule has 0 radical (unpaired) electrons. The first-order valence-electron chi connectivity index (χ1n) is 16.4. The van der Waals surface area contributed by atoms with Crippen LogP contribution >= 0.6 is 11.3 Å². The molecular formula is C44H31N3S. The molecule has 4 heteroatoms. The number of benzene rings is 5. The predicted molar refractivity (Wildman–Crippen MR) is 203 cm³/mol. The van der Waals surface area contributed by atoms with Crippen LogP contribution in [0.3, 0.4) is 0 Å². The third kappa shape index (κ3) is 5.02. The van der Waals surface area contributed by atoms with E-state index < -0.39 is 0 Å². The van der Waals surface area contributed by atoms with E-state index in [9.17, 15) is 0 Å². The van der Waals surface area contributed by atoms with Crippen molar-refractivity contribution >= 4 is 48.0 Å². The molecule has 228 valence electrons. The first-order chi connectivity index (χ1) is 23.7. The van der Waals surface area contributed by atoms with Gasteiger partial charge in [-0.05, 0) is 41.7 Å². The zero-order valence-corrected chi connectivity index (χ0v) is 27.3. The van der Waals surface area contributed by atoms with E-state index in [1.165, 1.54) is 31.1 Å². The summed E-state index contributed by atoms with van der Waals surface area (Å²) in [6.45, 7) is 2.24. The molecule has 8 aromatic rings. The Kier molecular flexibility index (Phi) is 7.02. The summed E-state index contributed by atoms with van der Waals surface area (Å²) in [5, 5.41) is 3.74. The highest BCUT2D eigenvalue weighted by atomic mass is 32.1. The van der Waals surface area contributed by atoms with Crippen LogP contribution in [0, 0.1) is 5.92 Å². The van der Waals surface area contributed by atoms with Gasteiger partial charge in [0.05, 0.1) is 27.3 Å². The molecule has 1 aliphatic carbocycles. The van der Waals surface area contributed by atoms with Crippen LogP contribution in [0.15, 0.2) is 152 Å². The number of aromatic nitrogens is 3. The first-order valence-corrected chi connectivity index (χ1v) is 17.2. The maximum absolute atomic E-state index is 5.30. The van der Waals surface area contributed by atoms with E-state index in [0.717, 1.165) is 62.7 Å². The number of hydrogen-bond acceptors (Lipinski definition) is 4. The molecule has 1 unspecified atom stereocenters. The number of rotatable bonds is 5. The summed E-state index contributed by atoms with van der Waals surface area (Å²) >= 11 is 1.83. The minimum absolute atomic E-state index is 0.461. The molecule has 9 rings (SSSR count). The number of fused-ring (bicyclic) bond motifs is 5. The lowest BCUT2D eigenvalue weighted by atomic mass is 9.94. The monoisotopic (exact) mass is 633 g/mol. The largest absolute Gasteiger partial charge is 0.246 e. The van der Waals surface area contributed by atoms with Crippen molar-refractivity contribution in [2.75, 3.05) is 0 Å². The van der Waals surface area contributed by atoms with Gasteiger partial charge in [0.1, 0.15) is 0 Å². The van der Waals surface area contributed by atoms with Crippen LogP contribution in [0.2, 0.25) is 0 Å². The fraction of sp³-hybridized carbons (Fsp3) is 0.0682. The molecule has 3 nitrogen and oxygen atoms in total. The Labute approximate surface area is 283 Å². The van der Waals surface area contributed by atoms with Gasteiger partial charge in [-0.25, -0.2) is 15.0 Å². The lowest BCUT2D eigenvalue weighted by Gasteiger charge is -2.14. The Bertz CT molecular complexity index is 2530. The Morgan fingerprint density at radius 1 is 0.604 bits per heavy atom. The molecule has 0 saturated carbocycles. The molecule has 1 atom stereocenters. The van der Waals surface area contributed by atoms with Crippen LogP contribution in [-0.4, -0.2) is 15.0 Å². The third-order valence-electron chi connectivity index (χ3n) is 9.20. The van der Waals surface area contributed by atoms with E-state index in [2.05, 4.69) is 153 Å². The van der Waals surface area contributed by atoms with Crippen molar-refractivity contribution in [2.24, 2.45) is 5.92 Å². The van der Waals surface area contributed by atoms with Crippen LogP contribution in [0.25, 0.3) is 81.5 Å². The predicted octanol–water partition coefficient (Wildman–Crippen LogP) is 12.0. The minimum Gasteiger partial charge on any atom is -0.246 e. The molecule has 0 aliphatic heterocycles. The summed E-state index contributed by atoms with van der Waals surface area (Å²) < 4.78 is 2.50. The highest BCUT2D eigenvalue weighted by Gasteiger charge is 2.19. The van der Waals surface area contributed by atoms with Gasteiger partial charge in [-0.1, -0.05) is 140 Å². The third-order valence-corrected chi connectivity index (χ3v) is 10.4. The van der Waals surface area contributed by atoms with Gasteiger partial charge in [0.2, 0.25) is 0 Å². The van der Waals surface area contributed by atoms with Crippen LogP contribution in [0.1, 0.15) is 19.2 Å². The van der Waals surface area contributed by atoms with E-state index in [1.807, 2.05) is 17.4 Å². The number of allylic oxidation sites excluding steroid dienone is 4. The fourth-order valence-corrected chi connectivity index (χ4v) is 8.07. The van der Waals surface area contributed by atoms with Crippen molar-refractivity contribution in [2.45, 2.75) is 13.3 Å². The quantitative estimate of drug-likeness (QED) is 0.189. The van der Waals surface area contributed by atoms with Crippen molar-refractivity contribution in [3.8, 4) is 44.9 Å². The Morgan fingerprint density at radius 3 is 2.02 bits per heavy atom. The summed E-state index contributed by atoms with van der Waals surface area (Å²) in [5.74, 6) is 1.22. The van der Waals surface area contributed by atoms with Crippen molar-refractivity contribution in [3.63, 3.8) is 0 Å². The Hall–Kier alpha value is -5.71. The lowest BCUT2D eigenvalue weighted by Crippen LogP contribution is -2.02. The second-order valence-electron chi connectivity index (χ2n) is 12.5. The molecule has 0 spiro atoms. The summed E-state index contributed by atoms with van der Waals surface area (Å²) in [4.78, 5) is 15.4. The molecule has 48 heavy (non-hydrogen) atoms. The van der Waals surface area contributed by atoms with Gasteiger partial charge in [0.15, 0.2) is 5.82 Å². The zero-order chi connectivity index (χ0) is 32.0. The van der Waals surface area contributed by atoms with Crippen LogP contribution in [0.4, 0.5) is 0 Å². The molecule has 0 fully saturated rings. The lowest BCUT2D eigenvalue weighted by molar-refractivity contribution is 0.738. The highest BCUT2D eigenvalue weighted by molar-refractivity contribution is 7.26. The molecule has 3 heterocycles. The van der Waals surface area contributed by atoms with Crippen molar-refractivity contribution < 1.29 is 0 Å². The van der Waals surface area contributed by atoms with E-state index in [1.54, 1.807) is 0 Å². The molecule has 0 saturated heterocycles. The second kappa shape index (κ2) is 11.8. The van der Waals surface area contributed by atoms with Gasteiger partial charge < -0.3 is 0 Å². The Balaban J connectivity index is 1.20. The maximum Gasteiger partial charge on any atom is 0.160 e. The molecule has 5 aromatic carbocycles. The van der Waals surface area contributed by atoms with Gasteiger partial charge in [-0.15, -0.1) is 11.3 Å². The van der Waals surface area contributed by atoms with Gasteiger partial charge in [0.25, 0.3) is 0 Å². The molecule has 0 bridgehead atoms. The maximum atomic E-state index is 5.30. The summed E-state index contributed by atoms with van der Waals surface area (Å²) in [6, 6.07) is 47.1. The minimum atomic E-state index is 0.461. The zero-order valence-electron chi connectivity index (χ0n) is 26.5. The number of pyridine rings is 1. The standard InChI is InChI=1S/C44H31N3S/c1-28-12-10-17-33(26-28)44-46-37(30-13-4-2-5-14-30)27-38(47-44)31-24-22-29(23-25-31)34-19-11-20-36-40(34)41-35-18-8-9-21-39(35)48-43(41)42(45-36)32-15-6-3-7-16-32/h2-11,13-28H,12H2,1H3. The van der Waals surface area contributed by atoms with Crippen molar-refractivity contribution in [1.82, 2.24) is 15.0 Å². The van der Waals surface area contributed by atoms with Crippen LogP contribution in [0.5, 0.6) is 0 Å². The van der Waals surface area contributed by atoms with Gasteiger partial charge in [-0.3, -0.25) is 0 Å². The van der Waals surface area contributed by atoms with E-state index >= 15 is 0 Å². The normalized spacial score (nSPS) is 14.5. The van der Waals surface area contributed by atoms with Crippen LogP contribution in [-0.2, 0) is 0 Å². The molecule has 3 aromatic heterocycles. The summed E-state index contributed by atoms with van der Waals surface area (Å²) in [6.07, 6.45) is 7.71. The second-order valence-corrected chi connectivity index (χ2v) is 13.5. The topological polar surface area (TPSA) is 38.7 Å². The van der Waals surface area contributed by atoms with Gasteiger partial charge in [0, 0.05) is 43.1 Å². The first kappa shape index (κ1) is 28.5. The summed E-state index contributed by atoms with van der Waals surface area (Å²) in [5.41, 5.74) is 10.6. The van der Waals surface area contributed by atoms with E-state index in [-0.39, 0.29) is 0 Å². The van der Waals surface area contributed by atoms with Gasteiger partial charge >= 0.3 is 0 Å². The molecule has 0 amide bonds. The molecule has 0 N–H and O–H groups in total. The van der Waals surface area contributed by atoms with E-state index in [4.69, 9.17) is 15.0 Å². The summed E-state index contributed by atoms with van der Waals surface area (Å²) in [7, 11) is 0. The smallest absolute Gasteiger partial charge is 0.160 e. The molecule has 1 aliphatic rings. The molecular weight excluding hydrogens is 603 g/mol. The fourth-order valence-electron chi connectivity index (χ4n) is 6.85. The number of nitrogens with zero attached hydrogens (tertiary/aromatic N) is 3. The van der Waals surface area contributed by atoms with Crippen molar-refractivity contribution in [3.05, 3.63) is 158 Å². The average molecular weight is 634 g/mol. The van der Waals surface area contributed by atoms with Crippen LogP contribution < -0.4 is 0 Å². The van der Waals surface area contributed by atoms with Crippen molar-refractivity contribution in [1.29, 1.82) is 0 Å². The van der Waals surface area contributed by atoms with E-state index in [0.29, 0.717) is 5.92 Å². The number of hydrogen-bond donors (Lipinski definition) is 0. The SMILES string of the molecule is CC1C=C(c2nc(-c3ccccc3)cc(-c3ccc(-c4cccc5nc(-c6ccccc6)c6sc7ccccc7c6c45)cc3)n2)C=CC1. The average Bonchev–Trinajstić information content (AvgIpc) is 3.55. The van der Waals surface area contributed by atoms with Gasteiger partial charge in [-0.2, -0.15) is 0 Å². The number of thiophene rings is 1.